The molecule has 23 heavy (non-hydrogen) atoms. The molecular weight excluding hydrogens is 290 g/mol. The Hall–Kier alpha value is -2.01. The van der Waals surface area contributed by atoms with Crippen LogP contribution in [-0.2, 0) is 11.3 Å². The highest BCUT2D eigenvalue weighted by molar-refractivity contribution is 5.84. The Kier molecular flexibility index (Phi) is 3.73. The number of H-pyrrole nitrogens is 1. The van der Waals surface area contributed by atoms with Gasteiger partial charge in [0.05, 0.1) is 0 Å². The lowest BCUT2D eigenvalue weighted by Gasteiger charge is -2.36. The number of nitrogens with one attached hydrogen (secondary N) is 1. The van der Waals surface area contributed by atoms with Crippen LogP contribution in [0.1, 0.15) is 31.2 Å². The molecule has 0 spiro atoms. The van der Waals surface area contributed by atoms with Crippen LogP contribution in [-0.4, -0.2) is 51.5 Å². The van der Waals surface area contributed by atoms with Crippen molar-refractivity contribution >= 4 is 16.8 Å². The van der Waals surface area contributed by atoms with E-state index in [1.807, 2.05) is 12.3 Å². The lowest BCUT2D eigenvalue weighted by molar-refractivity contribution is -0.130. The number of fused-ring (bicyclic) bond motifs is 1. The summed E-state index contributed by atoms with van der Waals surface area (Å²) in [4.78, 5) is 19.7. The summed E-state index contributed by atoms with van der Waals surface area (Å²) >= 11 is 0. The van der Waals surface area contributed by atoms with E-state index in [0.717, 1.165) is 57.4 Å². The van der Waals surface area contributed by atoms with Crippen LogP contribution < -0.4 is 0 Å². The van der Waals surface area contributed by atoms with E-state index in [1.54, 1.807) is 12.1 Å². The number of aromatic amines is 1. The number of hydrogen-bond acceptors (Lipinski definition) is 3. The third kappa shape index (κ3) is 2.81. The zero-order valence-corrected chi connectivity index (χ0v) is 13.3. The van der Waals surface area contributed by atoms with Gasteiger partial charge < -0.3 is 15.0 Å². The van der Waals surface area contributed by atoms with Crippen molar-refractivity contribution in [1.29, 1.82) is 0 Å². The maximum atomic E-state index is 11.9. The van der Waals surface area contributed by atoms with Gasteiger partial charge in [-0.1, -0.05) is 0 Å². The van der Waals surface area contributed by atoms with E-state index in [2.05, 4.69) is 14.8 Å². The molecule has 2 N–H and O–H groups in total. The third-order valence-corrected chi connectivity index (χ3v) is 5.25. The molecule has 4 rings (SSSR count). The minimum absolute atomic E-state index is 0.294. The number of nitrogens with zero attached hydrogens (tertiary/aromatic N) is 2. The van der Waals surface area contributed by atoms with Crippen LogP contribution in [0.15, 0.2) is 24.4 Å². The molecule has 1 aromatic carbocycles. The number of likely N-dealkylation sites (tertiary alicyclic amines) is 2. The number of benzene rings is 1. The lowest BCUT2D eigenvalue weighted by atomic mass is 10.0. The normalized spacial score (nSPS) is 20.7. The summed E-state index contributed by atoms with van der Waals surface area (Å²) < 4.78 is 0. The van der Waals surface area contributed by atoms with Gasteiger partial charge in [-0.3, -0.25) is 9.69 Å². The van der Waals surface area contributed by atoms with E-state index >= 15 is 0 Å². The third-order valence-electron chi connectivity index (χ3n) is 5.25. The molecule has 2 aliphatic heterocycles. The zero-order chi connectivity index (χ0) is 15.8. The molecule has 0 unspecified atom stereocenters. The van der Waals surface area contributed by atoms with E-state index in [-0.39, 0.29) is 0 Å². The van der Waals surface area contributed by atoms with Gasteiger partial charge in [0.15, 0.2) is 0 Å². The standard InChI is InChI=1S/C18H23N3O2/c22-15-3-4-16-13(11-19-17(16)10-15)12-20-8-5-14(6-9-20)21-7-1-2-18(21)23/h3-4,10-11,14,19,22H,1-2,5-9,12H2. The average molecular weight is 313 g/mol. The molecule has 2 aliphatic rings. The molecule has 2 fully saturated rings. The van der Waals surface area contributed by atoms with E-state index in [9.17, 15) is 9.90 Å². The van der Waals surface area contributed by atoms with Crippen molar-refractivity contribution in [3.8, 4) is 5.75 Å². The second kappa shape index (κ2) is 5.89. The Morgan fingerprint density at radius 3 is 2.78 bits per heavy atom. The fraction of sp³-hybridized carbons (Fsp3) is 0.500. The minimum Gasteiger partial charge on any atom is -0.508 e. The molecule has 2 saturated heterocycles. The van der Waals surface area contributed by atoms with E-state index in [4.69, 9.17) is 0 Å². The number of rotatable bonds is 3. The van der Waals surface area contributed by atoms with Gasteiger partial charge >= 0.3 is 0 Å². The first-order valence-corrected chi connectivity index (χ1v) is 8.51. The van der Waals surface area contributed by atoms with Crippen LogP contribution in [0.4, 0.5) is 0 Å². The highest BCUT2D eigenvalue weighted by atomic mass is 16.3. The molecule has 1 amide bonds. The average Bonchev–Trinajstić information content (AvgIpc) is 3.15. The highest BCUT2D eigenvalue weighted by Gasteiger charge is 2.30. The quantitative estimate of drug-likeness (QED) is 0.915. The van der Waals surface area contributed by atoms with E-state index in [1.165, 1.54) is 10.9 Å². The van der Waals surface area contributed by atoms with Crippen molar-refractivity contribution < 1.29 is 9.90 Å². The van der Waals surface area contributed by atoms with Gasteiger partial charge in [0.1, 0.15) is 5.75 Å². The predicted octanol–water partition coefficient (Wildman–Crippen LogP) is 2.46. The van der Waals surface area contributed by atoms with Crippen molar-refractivity contribution in [3.05, 3.63) is 30.0 Å². The van der Waals surface area contributed by atoms with Crippen LogP contribution in [0.25, 0.3) is 10.9 Å². The molecular formula is C18H23N3O2. The summed E-state index contributed by atoms with van der Waals surface area (Å²) in [5, 5.41) is 10.7. The smallest absolute Gasteiger partial charge is 0.222 e. The largest absolute Gasteiger partial charge is 0.508 e. The van der Waals surface area contributed by atoms with Crippen molar-refractivity contribution in [2.45, 2.75) is 38.3 Å². The van der Waals surface area contributed by atoms with Gasteiger partial charge in [0, 0.05) is 61.8 Å². The molecule has 0 aliphatic carbocycles. The maximum Gasteiger partial charge on any atom is 0.222 e. The fourth-order valence-electron chi connectivity index (χ4n) is 3.99. The Balaban J connectivity index is 1.40. The first-order chi connectivity index (χ1) is 11.2. The summed E-state index contributed by atoms with van der Waals surface area (Å²) in [5.74, 6) is 0.641. The monoisotopic (exact) mass is 313 g/mol. The topological polar surface area (TPSA) is 59.6 Å². The van der Waals surface area contributed by atoms with Crippen LogP contribution in [0.5, 0.6) is 5.75 Å². The van der Waals surface area contributed by atoms with Gasteiger partial charge in [-0.05, 0) is 37.0 Å². The van der Waals surface area contributed by atoms with Crippen molar-refractivity contribution in [1.82, 2.24) is 14.8 Å². The van der Waals surface area contributed by atoms with Gasteiger partial charge in [-0.25, -0.2) is 0 Å². The molecule has 0 atom stereocenters. The molecule has 5 nitrogen and oxygen atoms in total. The van der Waals surface area contributed by atoms with Crippen LogP contribution >= 0.6 is 0 Å². The maximum absolute atomic E-state index is 11.9. The first kappa shape index (κ1) is 14.6. The van der Waals surface area contributed by atoms with Gasteiger partial charge in [0.2, 0.25) is 5.91 Å². The number of aromatic nitrogens is 1. The zero-order valence-electron chi connectivity index (χ0n) is 13.3. The summed E-state index contributed by atoms with van der Waals surface area (Å²) in [7, 11) is 0. The number of carbonyl (C=O) groups is 1. The van der Waals surface area contributed by atoms with Gasteiger partial charge in [-0.2, -0.15) is 0 Å². The summed E-state index contributed by atoms with van der Waals surface area (Å²) in [6, 6.07) is 5.93. The number of piperidine rings is 1. The van der Waals surface area contributed by atoms with Crippen LogP contribution in [0.3, 0.4) is 0 Å². The molecule has 0 radical (unpaired) electrons. The Morgan fingerprint density at radius 1 is 1.22 bits per heavy atom. The number of carbonyl (C=O) groups excluding carboxylic acids is 1. The fourth-order valence-corrected chi connectivity index (χ4v) is 3.99. The van der Waals surface area contributed by atoms with Gasteiger partial charge in [0.25, 0.3) is 0 Å². The highest BCUT2D eigenvalue weighted by Crippen LogP contribution is 2.26. The number of phenols is 1. The first-order valence-electron chi connectivity index (χ1n) is 8.51. The second-order valence-electron chi connectivity index (χ2n) is 6.74. The molecule has 5 heteroatoms. The summed E-state index contributed by atoms with van der Waals surface area (Å²) in [5.41, 5.74) is 2.26. The minimum atomic E-state index is 0.294. The lowest BCUT2D eigenvalue weighted by Crippen LogP contribution is -2.45. The van der Waals surface area contributed by atoms with Crippen molar-refractivity contribution in [3.63, 3.8) is 0 Å². The second-order valence-corrected chi connectivity index (χ2v) is 6.74. The number of amides is 1. The van der Waals surface area contributed by atoms with Crippen molar-refractivity contribution in [2.75, 3.05) is 19.6 Å². The summed E-state index contributed by atoms with van der Waals surface area (Å²) in [6.45, 7) is 3.96. The van der Waals surface area contributed by atoms with Gasteiger partial charge in [-0.15, -0.1) is 0 Å². The molecule has 1 aromatic heterocycles. The molecule has 3 heterocycles. The number of aromatic hydroxyl groups is 1. The predicted molar refractivity (Wildman–Crippen MR) is 89.2 cm³/mol. The molecule has 0 saturated carbocycles. The van der Waals surface area contributed by atoms with Crippen LogP contribution in [0.2, 0.25) is 0 Å². The van der Waals surface area contributed by atoms with E-state index in [0.29, 0.717) is 17.7 Å². The Labute approximate surface area is 135 Å². The molecule has 2 aromatic rings. The van der Waals surface area contributed by atoms with Crippen molar-refractivity contribution in [2.24, 2.45) is 0 Å². The summed E-state index contributed by atoms with van der Waals surface area (Å²) in [6.07, 6.45) is 5.97. The Morgan fingerprint density at radius 2 is 2.04 bits per heavy atom. The molecule has 122 valence electrons. The Bertz CT molecular complexity index is 716. The number of hydrogen-bond donors (Lipinski definition) is 2. The number of phenolic OH excluding ortho intramolecular Hbond substituents is 1. The van der Waals surface area contributed by atoms with E-state index < -0.39 is 0 Å². The van der Waals surface area contributed by atoms with Crippen LogP contribution in [0, 0.1) is 0 Å². The SMILES string of the molecule is O=C1CCCN1C1CCN(Cc2c[nH]c3cc(O)ccc23)CC1. The molecule has 0 bridgehead atoms.